The Balaban J connectivity index is 2.44. The highest BCUT2D eigenvalue weighted by molar-refractivity contribution is 7.71. The molecule has 0 unspecified atom stereocenters. The summed E-state index contributed by atoms with van der Waals surface area (Å²) in [5, 5.41) is 3.35. The average molecular weight is 262 g/mol. The molecular formula is C14H18N2OS. The second kappa shape index (κ2) is 4.61. The van der Waals surface area contributed by atoms with Crippen molar-refractivity contribution >= 4 is 12.2 Å². The van der Waals surface area contributed by atoms with Gasteiger partial charge >= 0.3 is 0 Å². The van der Waals surface area contributed by atoms with Gasteiger partial charge in [0, 0.05) is 11.1 Å². The van der Waals surface area contributed by atoms with Gasteiger partial charge in [-0.2, -0.15) is 0 Å². The van der Waals surface area contributed by atoms with Crippen LogP contribution < -0.4 is 4.74 Å². The first kappa shape index (κ1) is 12.9. The summed E-state index contributed by atoms with van der Waals surface area (Å²) in [6.45, 7) is 6.48. The molecule has 0 radical (unpaired) electrons. The van der Waals surface area contributed by atoms with Crippen molar-refractivity contribution in [2.75, 3.05) is 7.11 Å². The topological polar surface area (TPSA) is 29.9 Å². The van der Waals surface area contributed by atoms with E-state index in [1.165, 1.54) is 0 Å². The Labute approximate surface area is 112 Å². The Morgan fingerprint density at radius 2 is 1.78 bits per heavy atom. The van der Waals surface area contributed by atoms with E-state index in [-0.39, 0.29) is 5.41 Å². The number of benzene rings is 1. The minimum Gasteiger partial charge on any atom is -0.497 e. The standard InChI is InChI=1S/C14H18N2OS/c1-14(2,3)12-9-13(18)16(15-12)10-5-7-11(17-4)8-6-10/h5-9,15H,1-4H3. The first-order valence-corrected chi connectivity index (χ1v) is 6.29. The molecule has 0 aliphatic heterocycles. The van der Waals surface area contributed by atoms with Gasteiger partial charge in [-0.25, -0.2) is 4.68 Å². The number of hydrogen-bond donors (Lipinski definition) is 1. The molecule has 2 aromatic rings. The maximum atomic E-state index is 5.39. The van der Waals surface area contributed by atoms with E-state index in [1.54, 1.807) is 7.11 Å². The molecule has 96 valence electrons. The number of methoxy groups -OCH3 is 1. The van der Waals surface area contributed by atoms with E-state index in [4.69, 9.17) is 17.0 Å². The van der Waals surface area contributed by atoms with Crippen molar-refractivity contribution in [2.45, 2.75) is 26.2 Å². The number of hydrogen-bond acceptors (Lipinski definition) is 2. The zero-order valence-electron chi connectivity index (χ0n) is 11.2. The van der Waals surface area contributed by atoms with Crippen LogP contribution in [0.5, 0.6) is 5.75 Å². The fraction of sp³-hybridized carbons (Fsp3) is 0.357. The van der Waals surface area contributed by atoms with E-state index in [0.29, 0.717) is 0 Å². The molecule has 0 spiro atoms. The van der Waals surface area contributed by atoms with Crippen LogP contribution in [0.2, 0.25) is 0 Å². The Morgan fingerprint density at radius 1 is 1.17 bits per heavy atom. The molecule has 1 heterocycles. The maximum absolute atomic E-state index is 5.39. The molecule has 0 aliphatic carbocycles. The second-order valence-corrected chi connectivity index (χ2v) is 5.71. The molecule has 1 aromatic heterocycles. The molecule has 0 saturated heterocycles. The van der Waals surface area contributed by atoms with Gasteiger partial charge in [-0.1, -0.05) is 33.0 Å². The molecule has 0 bridgehead atoms. The van der Waals surface area contributed by atoms with Gasteiger partial charge in [0.15, 0.2) is 0 Å². The molecule has 3 nitrogen and oxygen atoms in total. The molecule has 1 aromatic carbocycles. The molecule has 1 N–H and O–H groups in total. The van der Waals surface area contributed by atoms with Crippen molar-refractivity contribution in [1.29, 1.82) is 0 Å². The normalized spacial score (nSPS) is 11.6. The molecule has 0 fully saturated rings. The maximum Gasteiger partial charge on any atom is 0.127 e. The number of aromatic amines is 1. The van der Waals surface area contributed by atoms with Crippen LogP contribution in [-0.4, -0.2) is 16.9 Å². The quantitative estimate of drug-likeness (QED) is 0.833. The summed E-state index contributed by atoms with van der Waals surface area (Å²) in [6, 6.07) is 9.83. The highest BCUT2D eigenvalue weighted by Gasteiger charge is 2.16. The Hall–Kier alpha value is -1.55. The molecule has 0 saturated carbocycles. The lowest BCUT2D eigenvalue weighted by atomic mass is 9.93. The van der Waals surface area contributed by atoms with Crippen LogP contribution in [0.15, 0.2) is 30.3 Å². The van der Waals surface area contributed by atoms with Gasteiger partial charge < -0.3 is 4.74 Å². The first-order valence-electron chi connectivity index (χ1n) is 5.89. The van der Waals surface area contributed by atoms with Gasteiger partial charge in [-0.3, -0.25) is 5.10 Å². The predicted molar refractivity (Wildman–Crippen MR) is 76.2 cm³/mol. The van der Waals surface area contributed by atoms with Crippen molar-refractivity contribution in [2.24, 2.45) is 0 Å². The zero-order chi connectivity index (χ0) is 13.3. The van der Waals surface area contributed by atoms with Gasteiger partial charge in [0.2, 0.25) is 0 Å². The highest BCUT2D eigenvalue weighted by atomic mass is 32.1. The fourth-order valence-corrected chi connectivity index (χ4v) is 1.97. The lowest BCUT2D eigenvalue weighted by Crippen LogP contribution is -2.12. The van der Waals surface area contributed by atoms with Crippen molar-refractivity contribution in [1.82, 2.24) is 9.78 Å². The van der Waals surface area contributed by atoms with Crippen LogP contribution >= 0.6 is 12.2 Å². The van der Waals surface area contributed by atoms with Crippen molar-refractivity contribution in [3.63, 3.8) is 0 Å². The van der Waals surface area contributed by atoms with Crippen LogP contribution in [0.1, 0.15) is 26.5 Å². The number of nitrogens with zero attached hydrogens (tertiary/aromatic N) is 1. The van der Waals surface area contributed by atoms with Crippen molar-refractivity contribution in [3.8, 4) is 11.4 Å². The number of rotatable bonds is 2. The van der Waals surface area contributed by atoms with E-state index >= 15 is 0 Å². The molecule has 18 heavy (non-hydrogen) atoms. The molecule has 2 rings (SSSR count). The van der Waals surface area contributed by atoms with Crippen LogP contribution in [0.3, 0.4) is 0 Å². The number of H-pyrrole nitrogens is 1. The molecule has 0 amide bonds. The van der Waals surface area contributed by atoms with Crippen molar-refractivity contribution in [3.05, 3.63) is 40.7 Å². The summed E-state index contributed by atoms with van der Waals surface area (Å²) in [7, 11) is 1.66. The van der Waals surface area contributed by atoms with E-state index < -0.39 is 0 Å². The fourth-order valence-electron chi connectivity index (χ4n) is 1.70. The van der Waals surface area contributed by atoms with Crippen molar-refractivity contribution < 1.29 is 4.74 Å². The highest BCUT2D eigenvalue weighted by Crippen LogP contribution is 2.22. The summed E-state index contributed by atoms with van der Waals surface area (Å²) >= 11 is 5.39. The third kappa shape index (κ3) is 2.48. The van der Waals surface area contributed by atoms with Gasteiger partial charge in [0.05, 0.1) is 12.8 Å². The van der Waals surface area contributed by atoms with Crippen LogP contribution in [-0.2, 0) is 5.41 Å². The lowest BCUT2D eigenvalue weighted by Gasteiger charge is -2.15. The lowest BCUT2D eigenvalue weighted by molar-refractivity contribution is 0.414. The Morgan fingerprint density at radius 3 is 2.22 bits per heavy atom. The summed E-state index contributed by atoms with van der Waals surface area (Å²) in [6.07, 6.45) is 0. The first-order chi connectivity index (χ1) is 8.41. The average Bonchev–Trinajstić information content (AvgIpc) is 2.71. The van der Waals surface area contributed by atoms with Gasteiger partial charge in [0.25, 0.3) is 0 Å². The van der Waals surface area contributed by atoms with E-state index in [9.17, 15) is 0 Å². The Bertz CT molecular complexity index is 587. The minimum atomic E-state index is 0.0608. The predicted octanol–water partition coefficient (Wildman–Crippen LogP) is 3.84. The largest absolute Gasteiger partial charge is 0.497 e. The smallest absolute Gasteiger partial charge is 0.127 e. The zero-order valence-corrected chi connectivity index (χ0v) is 12.0. The van der Waals surface area contributed by atoms with E-state index in [1.807, 2.05) is 35.0 Å². The van der Waals surface area contributed by atoms with Crippen LogP contribution in [0, 0.1) is 4.64 Å². The Kier molecular flexibility index (Phi) is 3.30. The van der Waals surface area contributed by atoms with Gasteiger partial charge in [0.1, 0.15) is 10.4 Å². The summed E-state index contributed by atoms with van der Waals surface area (Å²) in [5.74, 6) is 0.841. The summed E-state index contributed by atoms with van der Waals surface area (Å²) < 4.78 is 7.84. The van der Waals surface area contributed by atoms with Crippen LogP contribution in [0.25, 0.3) is 5.69 Å². The minimum absolute atomic E-state index is 0.0608. The number of aromatic nitrogens is 2. The second-order valence-electron chi connectivity index (χ2n) is 5.29. The van der Waals surface area contributed by atoms with E-state index in [0.717, 1.165) is 21.8 Å². The number of nitrogens with one attached hydrogen (secondary N) is 1. The number of ether oxygens (including phenoxy) is 1. The van der Waals surface area contributed by atoms with Crippen LogP contribution in [0.4, 0.5) is 0 Å². The molecular weight excluding hydrogens is 244 g/mol. The SMILES string of the molecule is COc1ccc(-n2[nH]c(C(C)(C)C)cc2=S)cc1. The van der Waals surface area contributed by atoms with Gasteiger partial charge in [-0.15, -0.1) is 0 Å². The molecule has 0 aliphatic rings. The molecule has 0 atom stereocenters. The van der Waals surface area contributed by atoms with Gasteiger partial charge in [-0.05, 0) is 30.3 Å². The monoisotopic (exact) mass is 262 g/mol. The molecule has 4 heteroatoms. The van der Waals surface area contributed by atoms with E-state index in [2.05, 4.69) is 25.9 Å². The summed E-state index contributed by atoms with van der Waals surface area (Å²) in [4.78, 5) is 0. The third-order valence-electron chi connectivity index (χ3n) is 2.86. The summed E-state index contributed by atoms with van der Waals surface area (Å²) in [5.41, 5.74) is 2.20. The third-order valence-corrected chi connectivity index (χ3v) is 3.16.